The molecule has 1 saturated heterocycles. The highest BCUT2D eigenvalue weighted by Crippen LogP contribution is 2.32. The average molecular weight is 572 g/mol. The smallest absolute Gasteiger partial charge is 0.246 e. The number of amidine groups is 1. The molecule has 1 heterocycles. The second-order valence-corrected chi connectivity index (χ2v) is 11.5. The Morgan fingerprint density at radius 1 is 0.929 bits per heavy atom. The Morgan fingerprint density at radius 3 is 1.98 bits per heavy atom. The summed E-state index contributed by atoms with van der Waals surface area (Å²) in [5.41, 5.74) is 8.11. The molecule has 0 saturated carbocycles. The van der Waals surface area contributed by atoms with Crippen LogP contribution in [0.5, 0.6) is 0 Å². The van der Waals surface area contributed by atoms with Crippen molar-refractivity contribution in [2.24, 2.45) is 11.1 Å². The average Bonchev–Trinajstić information content (AvgIpc) is 3.46. The normalized spacial score (nSPS) is 15.4. The van der Waals surface area contributed by atoms with Gasteiger partial charge in [0.15, 0.2) is 0 Å². The Labute approximate surface area is 247 Å². The SMILES string of the molecule is CC(C)(C)C(=O)N[C@@H](C(=O)N1CCC[C@H]1C(=O)NCc1ccc(C(=N)N)cc1)C(c1ccccc1)c1ccccc1.O. The zero-order valence-electron chi connectivity index (χ0n) is 24.4. The highest BCUT2D eigenvalue weighted by Gasteiger charge is 2.42. The number of benzene rings is 3. The molecule has 1 aliphatic rings. The molecule has 42 heavy (non-hydrogen) atoms. The van der Waals surface area contributed by atoms with Crippen molar-refractivity contribution in [2.45, 2.75) is 58.2 Å². The minimum atomic E-state index is -0.904. The minimum absolute atomic E-state index is 0. The predicted octanol–water partition coefficient (Wildman–Crippen LogP) is 3.12. The predicted molar refractivity (Wildman–Crippen MR) is 164 cm³/mol. The van der Waals surface area contributed by atoms with Gasteiger partial charge in [-0.05, 0) is 29.5 Å². The molecule has 3 aromatic carbocycles. The molecule has 3 aromatic rings. The van der Waals surface area contributed by atoms with E-state index in [1.165, 1.54) is 0 Å². The standard InChI is InChI=1S/C33H39N5O3.H2O/c1-33(2,3)32(41)37-28(27(23-11-6-4-7-12-23)24-13-8-5-9-14-24)31(40)38-20-10-15-26(38)30(39)36-21-22-16-18-25(19-17-22)29(34)35;/h4-9,11-14,16-19,26-28H,10,15,20-21H2,1-3H3,(H3,34,35)(H,36,39)(H,37,41);1H2/t26-,28+;/m0./s1. The highest BCUT2D eigenvalue weighted by molar-refractivity contribution is 5.95. The molecule has 0 spiro atoms. The fourth-order valence-electron chi connectivity index (χ4n) is 5.13. The van der Waals surface area contributed by atoms with E-state index in [0.717, 1.165) is 16.7 Å². The van der Waals surface area contributed by atoms with Crippen LogP contribution in [0.4, 0.5) is 0 Å². The molecular weight excluding hydrogens is 530 g/mol. The molecule has 0 radical (unpaired) electrons. The van der Waals surface area contributed by atoms with Gasteiger partial charge in [0.25, 0.3) is 0 Å². The van der Waals surface area contributed by atoms with E-state index in [2.05, 4.69) is 10.6 Å². The highest BCUT2D eigenvalue weighted by atomic mass is 16.2. The fourth-order valence-corrected chi connectivity index (χ4v) is 5.13. The van der Waals surface area contributed by atoms with Crippen molar-refractivity contribution >= 4 is 23.6 Å². The minimum Gasteiger partial charge on any atom is -0.412 e. The van der Waals surface area contributed by atoms with Crippen molar-refractivity contribution in [3.05, 3.63) is 107 Å². The van der Waals surface area contributed by atoms with Crippen LogP contribution in [0, 0.1) is 10.8 Å². The molecule has 0 aliphatic carbocycles. The van der Waals surface area contributed by atoms with Crippen LogP contribution in [0.1, 0.15) is 61.8 Å². The molecule has 222 valence electrons. The molecule has 0 unspecified atom stereocenters. The van der Waals surface area contributed by atoms with E-state index in [-0.39, 0.29) is 35.6 Å². The second kappa shape index (κ2) is 13.9. The number of nitrogen functional groups attached to an aromatic ring is 1. The number of carbonyl (C=O) groups excluding carboxylic acids is 3. The van der Waals surface area contributed by atoms with Gasteiger partial charge in [-0.25, -0.2) is 0 Å². The molecule has 0 aromatic heterocycles. The zero-order valence-corrected chi connectivity index (χ0v) is 24.4. The third-order valence-corrected chi connectivity index (χ3v) is 7.45. The van der Waals surface area contributed by atoms with Crippen molar-refractivity contribution in [1.82, 2.24) is 15.5 Å². The van der Waals surface area contributed by atoms with Gasteiger partial charge in [0.1, 0.15) is 17.9 Å². The molecule has 9 nitrogen and oxygen atoms in total. The first-order valence-electron chi connectivity index (χ1n) is 14.0. The maximum atomic E-state index is 14.4. The molecule has 1 aliphatic heterocycles. The third-order valence-electron chi connectivity index (χ3n) is 7.45. The first-order valence-corrected chi connectivity index (χ1v) is 14.0. The Morgan fingerprint density at radius 2 is 1.48 bits per heavy atom. The quantitative estimate of drug-likeness (QED) is 0.230. The summed E-state index contributed by atoms with van der Waals surface area (Å²) < 4.78 is 0. The number of hydrogen-bond acceptors (Lipinski definition) is 4. The lowest BCUT2D eigenvalue weighted by Gasteiger charge is -2.35. The molecule has 4 rings (SSSR count). The van der Waals surface area contributed by atoms with Gasteiger partial charge in [0.05, 0.1) is 0 Å². The molecule has 7 N–H and O–H groups in total. The number of amides is 3. The van der Waals surface area contributed by atoms with Gasteiger partial charge < -0.3 is 26.7 Å². The van der Waals surface area contributed by atoms with Gasteiger partial charge in [-0.2, -0.15) is 0 Å². The van der Waals surface area contributed by atoms with Crippen LogP contribution in [0.2, 0.25) is 0 Å². The Kier molecular flexibility index (Phi) is 10.6. The van der Waals surface area contributed by atoms with Gasteiger partial charge in [-0.1, -0.05) is 106 Å². The van der Waals surface area contributed by atoms with Crippen LogP contribution < -0.4 is 16.4 Å². The van der Waals surface area contributed by atoms with Gasteiger partial charge in [-0.15, -0.1) is 0 Å². The monoisotopic (exact) mass is 571 g/mol. The number of nitrogens with zero attached hydrogens (tertiary/aromatic N) is 1. The van der Waals surface area contributed by atoms with E-state index < -0.39 is 23.4 Å². The third kappa shape index (κ3) is 7.61. The summed E-state index contributed by atoms with van der Waals surface area (Å²) in [6, 6.07) is 25.0. The van der Waals surface area contributed by atoms with Crippen molar-refractivity contribution in [2.75, 3.05) is 6.54 Å². The molecule has 0 bridgehead atoms. The van der Waals surface area contributed by atoms with Gasteiger partial charge in [-0.3, -0.25) is 19.8 Å². The molecule has 2 atom stereocenters. The molecular formula is C33H41N5O4. The number of rotatable bonds is 9. The number of carbonyl (C=O) groups is 3. The fraction of sp³-hybridized carbons (Fsp3) is 0.333. The van der Waals surface area contributed by atoms with Crippen molar-refractivity contribution in [1.29, 1.82) is 5.41 Å². The summed E-state index contributed by atoms with van der Waals surface area (Å²) in [6.07, 6.45) is 1.24. The van der Waals surface area contributed by atoms with E-state index >= 15 is 0 Å². The van der Waals surface area contributed by atoms with Crippen molar-refractivity contribution in [3.63, 3.8) is 0 Å². The first kappa shape index (κ1) is 32.0. The Bertz CT molecular complexity index is 1330. The lowest BCUT2D eigenvalue weighted by molar-refractivity contribution is -0.142. The largest absolute Gasteiger partial charge is 0.412 e. The first-order chi connectivity index (χ1) is 19.6. The number of nitrogens with two attached hydrogens (primary N) is 1. The summed E-state index contributed by atoms with van der Waals surface area (Å²) in [6.45, 7) is 6.18. The summed E-state index contributed by atoms with van der Waals surface area (Å²) in [5.74, 6) is -1.20. The molecule has 3 amide bonds. The van der Waals surface area contributed by atoms with Crippen LogP contribution in [-0.4, -0.2) is 52.6 Å². The number of likely N-dealkylation sites (tertiary alicyclic amines) is 1. The van der Waals surface area contributed by atoms with E-state index in [1.807, 2.05) is 93.6 Å². The second-order valence-electron chi connectivity index (χ2n) is 11.5. The summed E-state index contributed by atoms with van der Waals surface area (Å²) >= 11 is 0. The van der Waals surface area contributed by atoms with E-state index in [1.54, 1.807) is 17.0 Å². The van der Waals surface area contributed by atoms with Gasteiger partial charge in [0.2, 0.25) is 17.7 Å². The number of nitrogens with one attached hydrogen (secondary N) is 3. The van der Waals surface area contributed by atoms with E-state index in [0.29, 0.717) is 24.9 Å². The maximum Gasteiger partial charge on any atom is 0.246 e. The Balaban J connectivity index is 0.00000484. The van der Waals surface area contributed by atoms with Crippen LogP contribution in [0.15, 0.2) is 84.9 Å². The zero-order chi connectivity index (χ0) is 29.6. The molecule has 1 fully saturated rings. The van der Waals surface area contributed by atoms with Gasteiger partial charge in [0, 0.05) is 30.0 Å². The van der Waals surface area contributed by atoms with Crippen molar-refractivity contribution in [3.8, 4) is 0 Å². The number of hydrogen-bond donors (Lipinski definition) is 4. The maximum absolute atomic E-state index is 14.4. The van der Waals surface area contributed by atoms with Crippen LogP contribution >= 0.6 is 0 Å². The van der Waals surface area contributed by atoms with Gasteiger partial charge >= 0.3 is 0 Å². The lowest BCUT2D eigenvalue weighted by atomic mass is 9.83. The summed E-state index contributed by atoms with van der Waals surface area (Å²) in [4.78, 5) is 42.7. The topological polar surface area (TPSA) is 160 Å². The molecule has 9 heteroatoms. The van der Waals surface area contributed by atoms with Crippen LogP contribution in [-0.2, 0) is 20.9 Å². The lowest BCUT2D eigenvalue weighted by Crippen LogP contribution is -2.56. The Hall–Kier alpha value is -4.50. The van der Waals surface area contributed by atoms with Crippen LogP contribution in [0.3, 0.4) is 0 Å². The van der Waals surface area contributed by atoms with Crippen molar-refractivity contribution < 1.29 is 19.9 Å². The van der Waals surface area contributed by atoms with E-state index in [4.69, 9.17) is 11.1 Å². The summed E-state index contributed by atoms with van der Waals surface area (Å²) in [7, 11) is 0. The van der Waals surface area contributed by atoms with Crippen LogP contribution in [0.25, 0.3) is 0 Å². The summed E-state index contributed by atoms with van der Waals surface area (Å²) in [5, 5.41) is 13.6. The van der Waals surface area contributed by atoms with E-state index in [9.17, 15) is 14.4 Å².